The highest BCUT2D eigenvalue weighted by molar-refractivity contribution is 6.02. The Hall–Kier alpha value is -3.65. The molecule has 0 saturated carbocycles. The van der Waals surface area contributed by atoms with E-state index in [2.05, 4.69) is 108 Å². The lowest BCUT2D eigenvalue weighted by Crippen LogP contribution is -2.26. The number of aryl methyl sites for hydroxylation is 4. The van der Waals surface area contributed by atoms with Crippen LogP contribution in [0.4, 0.5) is 0 Å². The zero-order valence-corrected chi connectivity index (χ0v) is 18.7. The molecule has 1 aliphatic heterocycles. The van der Waals surface area contributed by atoms with Gasteiger partial charge in [0.15, 0.2) is 0 Å². The molecule has 5 aliphatic rings. The molecule has 0 amide bonds. The van der Waals surface area contributed by atoms with Gasteiger partial charge in [0.1, 0.15) is 11.9 Å². The van der Waals surface area contributed by atoms with Crippen LogP contribution in [0.5, 0.6) is 0 Å². The van der Waals surface area contributed by atoms with Crippen LogP contribution in [0.1, 0.15) is 51.0 Å². The Morgan fingerprint density at radius 2 is 1.15 bits per heavy atom. The molecule has 162 valence electrons. The van der Waals surface area contributed by atoms with Crippen molar-refractivity contribution in [2.24, 2.45) is 4.99 Å². The number of nitrogens with one attached hydrogen (secondary N) is 1. The van der Waals surface area contributed by atoms with E-state index in [0.717, 1.165) is 31.5 Å². The molecule has 1 N–H and O–H groups in total. The average molecular weight is 429 g/mol. The maximum absolute atomic E-state index is 5.30. The molecule has 4 bridgehead atoms. The van der Waals surface area contributed by atoms with Gasteiger partial charge in [0.2, 0.25) is 0 Å². The smallest absolute Gasteiger partial charge is 0.129 e. The molecule has 1 heterocycles. The van der Waals surface area contributed by atoms with Crippen molar-refractivity contribution in [1.82, 2.24) is 5.32 Å². The van der Waals surface area contributed by atoms with Crippen molar-refractivity contribution < 1.29 is 0 Å². The molecule has 9 rings (SSSR count). The quantitative estimate of drug-likeness (QED) is 0.401. The third-order valence-electron chi connectivity index (χ3n) is 7.01. The minimum Gasteiger partial charge on any atom is -0.361 e. The SMILES string of the molecule is c1ccc([C@H]2N=C(c3cc4ccc3CCc3ccc(cc3)CC4)N[C@@H]2c2ccccc2)cc1. The highest BCUT2D eigenvalue weighted by Crippen LogP contribution is 2.37. The van der Waals surface area contributed by atoms with Crippen LogP contribution in [0.15, 0.2) is 108 Å². The first kappa shape index (κ1) is 20.0. The fourth-order valence-electron chi connectivity index (χ4n) is 5.13. The summed E-state index contributed by atoms with van der Waals surface area (Å²) < 4.78 is 0. The first-order chi connectivity index (χ1) is 16.3. The lowest BCUT2D eigenvalue weighted by molar-refractivity contribution is 0.572. The topological polar surface area (TPSA) is 24.4 Å². The number of benzene rings is 4. The second kappa shape index (κ2) is 8.71. The number of rotatable bonds is 3. The number of hydrogen-bond donors (Lipinski definition) is 1. The summed E-state index contributed by atoms with van der Waals surface area (Å²) in [6.45, 7) is 0. The predicted molar refractivity (Wildman–Crippen MR) is 136 cm³/mol. The van der Waals surface area contributed by atoms with Gasteiger partial charge in [0.05, 0.1) is 6.04 Å². The van der Waals surface area contributed by atoms with Gasteiger partial charge in [-0.25, -0.2) is 0 Å². The monoisotopic (exact) mass is 428 g/mol. The molecule has 0 fully saturated rings. The van der Waals surface area contributed by atoms with Gasteiger partial charge in [-0.3, -0.25) is 4.99 Å². The summed E-state index contributed by atoms with van der Waals surface area (Å²) in [6, 6.07) is 37.8. The van der Waals surface area contributed by atoms with Gasteiger partial charge in [-0.1, -0.05) is 97.1 Å². The van der Waals surface area contributed by atoms with E-state index in [1.807, 2.05) is 0 Å². The summed E-state index contributed by atoms with van der Waals surface area (Å²) in [5, 5.41) is 3.83. The lowest BCUT2D eigenvalue weighted by Gasteiger charge is -2.20. The molecule has 0 spiro atoms. The fraction of sp³-hybridized carbons (Fsp3) is 0.194. The number of hydrogen-bond acceptors (Lipinski definition) is 2. The predicted octanol–water partition coefficient (Wildman–Crippen LogP) is 6.40. The molecule has 33 heavy (non-hydrogen) atoms. The van der Waals surface area contributed by atoms with Crippen LogP contribution in [0.2, 0.25) is 0 Å². The largest absolute Gasteiger partial charge is 0.361 e. The third-order valence-corrected chi connectivity index (χ3v) is 7.01. The highest BCUT2D eigenvalue weighted by atomic mass is 15.1. The molecule has 4 aromatic rings. The first-order valence-corrected chi connectivity index (χ1v) is 12.0. The van der Waals surface area contributed by atoms with E-state index in [-0.39, 0.29) is 12.1 Å². The van der Waals surface area contributed by atoms with E-state index >= 15 is 0 Å². The molecule has 2 heteroatoms. The van der Waals surface area contributed by atoms with Crippen LogP contribution < -0.4 is 5.32 Å². The van der Waals surface area contributed by atoms with E-state index in [4.69, 9.17) is 4.99 Å². The minimum absolute atomic E-state index is 0.0609. The molecule has 0 radical (unpaired) electrons. The maximum Gasteiger partial charge on any atom is 0.129 e. The summed E-state index contributed by atoms with van der Waals surface area (Å²) >= 11 is 0. The summed E-state index contributed by atoms with van der Waals surface area (Å²) in [4.78, 5) is 5.30. The molecule has 4 aromatic carbocycles. The van der Waals surface area contributed by atoms with Crippen molar-refractivity contribution in [3.8, 4) is 0 Å². The van der Waals surface area contributed by atoms with Gasteiger partial charge in [-0.2, -0.15) is 0 Å². The van der Waals surface area contributed by atoms with E-state index in [0.29, 0.717) is 0 Å². The standard InChI is InChI=1S/C31H28N2/c1-3-7-26(8-4-1)29-30(27-9-5-2-6-10-27)33-31(32-29)28-21-24-16-15-22-11-13-23(14-12-22)17-19-25(28)20-18-24/h1-14,18,20-21,29-30H,15-17,19H2,(H,32,33)/t29-,30-/m1/s1. The summed E-state index contributed by atoms with van der Waals surface area (Å²) in [6.07, 6.45) is 4.17. The lowest BCUT2D eigenvalue weighted by atomic mass is 9.93. The fourth-order valence-corrected chi connectivity index (χ4v) is 5.13. The van der Waals surface area contributed by atoms with Gasteiger partial charge in [-0.15, -0.1) is 0 Å². The van der Waals surface area contributed by atoms with Crippen LogP contribution in [0, 0.1) is 0 Å². The first-order valence-electron chi connectivity index (χ1n) is 12.0. The zero-order chi connectivity index (χ0) is 22.0. The van der Waals surface area contributed by atoms with E-state index in [9.17, 15) is 0 Å². The van der Waals surface area contributed by atoms with E-state index < -0.39 is 0 Å². The number of nitrogens with zero attached hydrogens (tertiary/aromatic N) is 1. The Morgan fingerprint density at radius 3 is 1.85 bits per heavy atom. The van der Waals surface area contributed by atoms with Crippen LogP contribution in [-0.2, 0) is 25.7 Å². The van der Waals surface area contributed by atoms with Crippen molar-refractivity contribution in [3.05, 3.63) is 142 Å². The normalized spacial score (nSPS) is 19.5. The van der Waals surface area contributed by atoms with Crippen molar-refractivity contribution >= 4 is 5.84 Å². The maximum atomic E-state index is 5.30. The Labute approximate surface area is 196 Å². The van der Waals surface area contributed by atoms with Crippen LogP contribution in [0.25, 0.3) is 0 Å². The van der Waals surface area contributed by atoms with Gasteiger partial charge >= 0.3 is 0 Å². The Kier molecular flexibility index (Phi) is 5.28. The number of aliphatic imine (C=N–C) groups is 1. The average Bonchev–Trinajstić information content (AvgIpc) is 3.32. The van der Waals surface area contributed by atoms with Crippen LogP contribution in [-0.4, -0.2) is 5.84 Å². The molecular weight excluding hydrogens is 400 g/mol. The van der Waals surface area contributed by atoms with Crippen molar-refractivity contribution in [3.63, 3.8) is 0 Å². The van der Waals surface area contributed by atoms with Crippen molar-refractivity contribution in [2.75, 3.05) is 0 Å². The molecule has 2 atom stereocenters. The molecule has 0 saturated heterocycles. The second-order valence-corrected chi connectivity index (χ2v) is 9.17. The molecule has 4 aliphatic carbocycles. The van der Waals surface area contributed by atoms with Crippen molar-refractivity contribution in [2.45, 2.75) is 37.8 Å². The Bertz CT molecular complexity index is 1270. The van der Waals surface area contributed by atoms with Gasteiger partial charge in [0.25, 0.3) is 0 Å². The van der Waals surface area contributed by atoms with Crippen LogP contribution >= 0.6 is 0 Å². The Morgan fingerprint density at radius 1 is 0.576 bits per heavy atom. The zero-order valence-electron chi connectivity index (χ0n) is 18.7. The second-order valence-electron chi connectivity index (χ2n) is 9.17. The number of amidine groups is 1. The van der Waals surface area contributed by atoms with Crippen molar-refractivity contribution in [1.29, 1.82) is 0 Å². The molecule has 0 aromatic heterocycles. The third kappa shape index (κ3) is 4.09. The van der Waals surface area contributed by atoms with Gasteiger partial charge in [0, 0.05) is 5.56 Å². The van der Waals surface area contributed by atoms with Gasteiger partial charge in [-0.05, 0) is 65.1 Å². The molecular formula is C31H28N2. The summed E-state index contributed by atoms with van der Waals surface area (Å²) in [5.41, 5.74) is 9.35. The Balaban J connectivity index is 1.41. The van der Waals surface area contributed by atoms with E-state index in [1.54, 1.807) is 0 Å². The van der Waals surface area contributed by atoms with E-state index in [1.165, 1.54) is 38.9 Å². The molecule has 0 unspecified atom stereocenters. The summed E-state index contributed by atoms with van der Waals surface area (Å²) in [7, 11) is 0. The minimum atomic E-state index is 0.0609. The van der Waals surface area contributed by atoms with Crippen LogP contribution in [0.3, 0.4) is 0 Å². The summed E-state index contributed by atoms with van der Waals surface area (Å²) in [5.74, 6) is 1.03. The molecule has 2 nitrogen and oxygen atoms in total. The van der Waals surface area contributed by atoms with Gasteiger partial charge < -0.3 is 5.32 Å². The highest BCUT2D eigenvalue weighted by Gasteiger charge is 2.32.